The highest BCUT2D eigenvalue weighted by Gasteiger charge is 2.24. The lowest BCUT2D eigenvalue weighted by Crippen LogP contribution is -2.47. The van der Waals surface area contributed by atoms with E-state index in [4.69, 9.17) is 4.74 Å². The molecule has 112 valence electrons. The number of rotatable bonds is 7. The van der Waals surface area contributed by atoms with E-state index in [2.05, 4.69) is 15.1 Å². The first-order valence-electron chi connectivity index (χ1n) is 8.06. The quantitative estimate of drug-likeness (QED) is 0.702. The predicted molar refractivity (Wildman–Crippen MR) is 79.6 cm³/mol. The fourth-order valence-electron chi connectivity index (χ4n) is 3.33. The molecular weight excluding hydrogens is 238 g/mol. The minimum atomic E-state index is 0.817. The van der Waals surface area contributed by atoms with Gasteiger partial charge in [-0.3, -0.25) is 0 Å². The van der Waals surface area contributed by atoms with Gasteiger partial charge in [0.05, 0.1) is 6.61 Å². The van der Waals surface area contributed by atoms with E-state index in [1.807, 2.05) is 0 Å². The van der Waals surface area contributed by atoms with Crippen LogP contribution in [0.25, 0.3) is 0 Å². The lowest BCUT2D eigenvalue weighted by molar-refractivity contribution is 0.0926. The first kappa shape index (κ1) is 15.2. The van der Waals surface area contributed by atoms with Crippen molar-refractivity contribution in [3.05, 3.63) is 0 Å². The SMILES string of the molecule is COCCNCCN1CCC(N2CCCCC2)CC1. The highest BCUT2D eigenvalue weighted by atomic mass is 16.5. The summed E-state index contributed by atoms with van der Waals surface area (Å²) in [6, 6.07) is 0.873. The van der Waals surface area contributed by atoms with Crippen LogP contribution in [0.15, 0.2) is 0 Å². The summed E-state index contributed by atoms with van der Waals surface area (Å²) in [5, 5.41) is 3.43. The van der Waals surface area contributed by atoms with Crippen LogP contribution in [0.3, 0.4) is 0 Å². The molecule has 0 spiro atoms. The van der Waals surface area contributed by atoms with Crippen LogP contribution in [0.4, 0.5) is 0 Å². The van der Waals surface area contributed by atoms with Gasteiger partial charge < -0.3 is 19.9 Å². The summed E-state index contributed by atoms with van der Waals surface area (Å²) >= 11 is 0. The molecule has 0 radical (unpaired) electrons. The monoisotopic (exact) mass is 269 g/mol. The van der Waals surface area contributed by atoms with Gasteiger partial charge in [0, 0.05) is 32.8 Å². The second-order valence-corrected chi connectivity index (χ2v) is 5.91. The summed E-state index contributed by atoms with van der Waals surface area (Å²) in [4.78, 5) is 5.36. The third kappa shape index (κ3) is 5.38. The van der Waals surface area contributed by atoms with Gasteiger partial charge in [-0.2, -0.15) is 0 Å². The van der Waals surface area contributed by atoms with Crippen molar-refractivity contribution in [2.75, 3.05) is 59.5 Å². The molecule has 0 aromatic carbocycles. The van der Waals surface area contributed by atoms with Gasteiger partial charge in [-0.05, 0) is 51.9 Å². The van der Waals surface area contributed by atoms with Crippen LogP contribution in [-0.2, 0) is 4.74 Å². The molecule has 2 fully saturated rings. The second kappa shape index (κ2) is 8.90. The maximum atomic E-state index is 5.03. The molecular formula is C15H31N3O. The summed E-state index contributed by atoms with van der Waals surface area (Å²) in [6.45, 7) is 9.35. The molecule has 4 heteroatoms. The molecule has 0 aromatic heterocycles. The van der Waals surface area contributed by atoms with Gasteiger partial charge in [-0.15, -0.1) is 0 Å². The van der Waals surface area contributed by atoms with E-state index in [1.165, 1.54) is 64.8 Å². The first-order chi connectivity index (χ1) is 9.40. The summed E-state index contributed by atoms with van der Waals surface area (Å²) in [5.74, 6) is 0. The summed E-state index contributed by atoms with van der Waals surface area (Å²) < 4.78 is 5.03. The molecule has 0 aromatic rings. The standard InChI is InChI=1S/C15H31N3O/c1-19-14-8-16-7-13-17-11-5-15(6-12-17)18-9-3-2-4-10-18/h15-16H,2-14H2,1H3. The highest BCUT2D eigenvalue weighted by molar-refractivity contribution is 4.81. The number of piperidine rings is 2. The van der Waals surface area contributed by atoms with Crippen LogP contribution < -0.4 is 5.32 Å². The Morgan fingerprint density at radius 3 is 2.42 bits per heavy atom. The van der Waals surface area contributed by atoms with Crippen molar-refractivity contribution in [3.63, 3.8) is 0 Å². The number of hydrogen-bond donors (Lipinski definition) is 1. The number of hydrogen-bond acceptors (Lipinski definition) is 4. The highest BCUT2D eigenvalue weighted by Crippen LogP contribution is 2.20. The minimum Gasteiger partial charge on any atom is -0.383 e. The second-order valence-electron chi connectivity index (χ2n) is 5.91. The zero-order valence-corrected chi connectivity index (χ0v) is 12.6. The molecule has 0 saturated carbocycles. The molecule has 1 N–H and O–H groups in total. The predicted octanol–water partition coefficient (Wildman–Crippen LogP) is 1.17. The zero-order valence-electron chi connectivity index (χ0n) is 12.6. The van der Waals surface area contributed by atoms with Crippen LogP contribution in [0.5, 0.6) is 0 Å². The van der Waals surface area contributed by atoms with Crippen molar-refractivity contribution < 1.29 is 4.74 Å². The van der Waals surface area contributed by atoms with E-state index < -0.39 is 0 Å². The van der Waals surface area contributed by atoms with Crippen LogP contribution in [0, 0.1) is 0 Å². The van der Waals surface area contributed by atoms with Crippen molar-refractivity contribution in [2.24, 2.45) is 0 Å². The average Bonchev–Trinajstić information content (AvgIpc) is 2.49. The molecule has 0 atom stereocenters. The molecule has 4 nitrogen and oxygen atoms in total. The van der Waals surface area contributed by atoms with E-state index in [-0.39, 0.29) is 0 Å². The molecule has 2 saturated heterocycles. The Hall–Kier alpha value is -0.160. The number of nitrogens with one attached hydrogen (secondary N) is 1. The molecule has 2 heterocycles. The fraction of sp³-hybridized carbons (Fsp3) is 1.00. The Balaban J connectivity index is 1.54. The van der Waals surface area contributed by atoms with Crippen molar-refractivity contribution in [1.82, 2.24) is 15.1 Å². The molecule has 2 aliphatic heterocycles. The van der Waals surface area contributed by atoms with Crippen LogP contribution in [0.1, 0.15) is 32.1 Å². The van der Waals surface area contributed by atoms with Gasteiger partial charge in [0.2, 0.25) is 0 Å². The van der Waals surface area contributed by atoms with Crippen LogP contribution in [0.2, 0.25) is 0 Å². The van der Waals surface area contributed by atoms with E-state index in [0.717, 1.165) is 25.7 Å². The molecule has 19 heavy (non-hydrogen) atoms. The van der Waals surface area contributed by atoms with Crippen LogP contribution in [-0.4, -0.2) is 75.4 Å². The minimum absolute atomic E-state index is 0.817. The third-order valence-corrected chi connectivity index (χ3v) is 4.55. The van der Waals surface area contributed by atoms with E-state index in [0.29, 0.717) is 0 Å². The lowest BCUT2D eigenvalue weighted by atomic mass is 10.00. The van der Waals surface area contributed by atoms with Crippen molar-refractivity contribution in [2.45, 2.75) is 38.1 Å². The Labute approximate surface area is 118 Å². The number of ether oxygens (including phenoxy) is 1. The molecule has 0 amide bonds. The molecule has 2 rings (SSSR count). The summed E-state index contributed by atoms with van der Waals surface area (Å²) in [6.07, 6.45) is 7.03. The van der Waals surface area contributed by atoms with Crippen molar-refractivity contribution in [1.29, 1.82) is 0 Å². The van der Waals surface area contributed by atoms with Crippen molar-refractivity contribution in [3.8, 4) is 0 Å². The largest absolute Gasteiger partial charge is 0.383 e. The van der Waals surface area contributed by atoms with Crippen molar-refractivity contribution >= 4 is 0 Å². The molecule has 2 aliphatic rings. The van der Waals surface area contributed by atoms with Gasteiger partial charge >= 0.3 is 0 Å². The first-order valence-corrected chi connectivity index (χ1v) is 8.06. The summed E-state index contributed by atoms with van der Waals surface area (Å²) in [5.41, 5.74) is 0. The number of likely N-dealkylation sites (tertiary alicyclic amines) is 2. The average molecular weight is 269 g/mol. The lowest BCUT2D eigenvalue weighted by Gasteiger charge is -2.40. The van der Waals surface area contributed by atoms with Crippen LogP contribution >= 0.6 is 0 Å². The molecule has 0 unspecified atom stereocenters. The smallest absolute Gasteiger partial charge is 0.0587 e. The van der Waals surface area contributed by atoms with Gasteiger partial charge in [-0.1, -0.05) is 6.42 Å². The normalized spacial score (nSPS) is 23.8. The zero-order chi connectivity index (χ0) is 13.3. The van der Waals surface area contributed by atoms with Gasteiger partial charge in [-0.25, -0.2) is 0 Å². The summed E-state index contributed by atoms with van der Waals surface area (Å²) in [7, 11) is 1.76. The van der Waals surface area contributed by atoms with Gasteiger partial charge in [0.25, 0.3) is 0 Å². The number of nitrogens with zero attached hydrogens (tertiary/aromatic N) is 2. The molecule has 0 aliphatic carbocycles. The Morgan fingerprint density at radius 2 is 1.74 bits per heavy atom. The Kier molecular flexibility index (Phi) is 7.14. The van der Waals surface area contributed by atoms with Gasteiger partial charge in [0.1, 0.15) is 0 Å². The topological polar surface area (TPSA) is 27.7 Å². The van der Waals surface area contributed by atoms with E-state index in [9.17, 15) is 0 Å². The Bertz CT molecular complexity index is 223. The maximum Gasteiger partial charge on any atom is 0.0587 e. The number of methoxy groups -OCH3 is 1. The van der Waals surface area contributed by atoms with Gasteiger partial charge in [0.15, 0.2) is 0 Å². The maximum absolute atomic E-state index is 5.03. The Morgan fingerprint density at radius 1 is 1.00 bits per heavy atom. The third-order valence-electron chi connectivity index (χ3n) is 4.55. The van der Waals surface area contributed by atoms with E-state index in [1.54, 1.807) is 7.11 Å². The molecule has 0 bridgehead atoms. The fourth-order valence-corrected chi connectivity index (χ4v) is 3.33. The van der Waals surface area contributed by atoms with E-state index >= 15 is 0 Å².